The van der Waals surface area contributed by atoms with E-state index in [-0.39, 0.29) is 11.6 Å². The van der Waals surface area contributed by atoms with E-state index in [9.17, 15) is 13.6 Å². The number of aliphatic carboxylic acids is 1. The Labute approximate surface area is 188 Å². The Hall–Kier alpha value is -4.20. The van der Waals surface area contributed by atoms with Gasteiger partial charge in [-0.05, 0) is 48.5 Å². The lowest BCUT2D eigenvalue weighted by atomic mass is 10.1. The lowest BCUT2D eigenvalue weighted by molar-refractivity contribution is -0.139. The number of rotatable bonds is 8. The van der Waals surface area contributed by atoms with Crippen LogP contribution in [0.1, 0.15) is 5.56 Å². The molecule has 0 saturated heterocycles. The van der Waals surface area contributed by atoms with Crippen LogP contribution in [-0.2, 0) is 11.3 Å². The first-order valence-electron chi connectivity index (χ1n) is 10.0. The Morgan fingerprint density at radius 2 is 1.70 bits per heavy atom. The lowest BCUT2D eigenvalue weighted by Gasteiger charge is -2.11. The summed E-state index contributed by atoms with van der Waals surface area (Å²) in [6.07, 6.45) is 0. The number of carboxylic acid groups (broad SMARTS) is 1. The molecule has 1 heterocycles. The number of para-hydroxylation sites is 1. The van der Waals surface area contributed by atoms with Gasteiger partial charge in [-0.1, -0.05) is 18.2 Å². The number of nitrogens with zero attached hydrogens (tertiary/aromatic N) is 2. The molecule has 3 aromatic carbocycles. The summed E-state index contributed by atoms with van der Waals surface area (Å²) >= 11 is 0. The second-order valence-electron chi connectivity index (χ2n) is 7.21. The molecule has 0 fully saturated rings. The molecule has 0 aliphatic rings. The highest BCUT2D eigenvalue weighted by Gasteiger charge is 2.17. The third-order valence-corrected chi connectivity index (χ3v) is 5.00. The fraction of sp³-hybridized carbons (Fsp3) is 0.120. The van der Waals surface area contributed by atoms with E-state index >= 15 is 0 Å². The molecular weight excluding hydrogens is 430 g/mol. The molecule has 1 N–H and O–H groups in total. The van der Waals surface area contributed by atoms with E-state index in [1.807, 2.05) is 24.3 Å². The predicted octanol–water partition coefficient (Wildman–Crippen LogP) is 5.02. The predicted molar refractivity (Wildman–Crippen MR) is 118 cm³/mol. The van der Waals surface area contributed by atoms with Crippen molar-refractivity contribution in [1.29, 1.82) is 0 Å². The number of aromatic nitrogens is 2. The molecule has 0 saturated carbocycles. The molecule has 0 spiro atoms. The van der Waals surface area contributed by atoms with Crippen LogP contribution < -0.4 is 9.47 Å². The van der Waals surface area contributed by atoms with Crippen LogP contribution in [0.5, 0.6) is 11.5 Å². The summed E-state index contributed by atoms with van der Waals surface area (Å²) < 4.78 is 39.8. The lowest BCUT2D eigenvalue weighted by Crippen LogP contribution is -2.10. The van der Waals surface area contributed by atoms with E-state index in [4.69, 9.17) is 14.6 Å². The molecule has 6 nitrogen and oxygen atoms in total. The summed E-state index contributed by atoms with van der Waals surface area (Å²) in [4.78, 5) is 11.0. The van der Waals surface area contributed by atoms with Gasteiger partial charge in [0.05, 0.1) is 25.0 Å². The fourth-order valence-corrected chi connectivity index (χ4v) is 3.48. The quantitative estimate of drug-likeness (QED) is 0.408. The molecule has 0 bridgehead atoms. The van der Waals surface area contributed by atoms with E-state index in [1.165, 1.54) is 24.3 Å². The van der Waals surface area contributed by atoms with Crippen LogP contribution in [0.3, 0.4) is 0 Å². The maximum atomic E-state index is 13.8. The van der Waals surface area contributed by atoms with Crippen molar-refractivity contribution >= 4 is 5.97 Å². The van der Waals surface area contributed by atoms with Gasteiger partial charge in [-0.25, -0.2) is 13.6 Å². The summed E-state index contributed by atoms with van der Waals surface area (Å²) in [6, 6.07) is 19.1. The van der Waals surface area contributed by atoms with E-state index in [2.05, 4.69) is 5.10 Å². The van der Waals surface area contributed by atoms with E-state index in [0.717, 1.165) is 17.2 Å². The normalized spacial score (nSPS) is 10.8. The Morgan fingerprint density at radius 3 is 2.42 bits per heavy atom. The van der Waals surface area contributed by atoms with E-state index in [1.54, 1.807) is 30.0 Å². The van der Waals surface area contributed by atoms with Gasteiger partial charge in [-0.3, -0.25) is 4.68 Å². The van der Waals surface area contributed by atoms with Gasteiger partial charge in [-0.2, -0.15) is 5.10 Å². The highest BCUT2D eigenvalue weighted by molar-refractivity contribution is 5.74. The number of ether oxygens (including phenoxy) is 2. The topological polar surface area (TPSA) is 73.6 Å². The van der Waals surface area contributed by atoms with Gasteiger partial charge < -0.3 is 14.6 Å². The number of carboxylic acids is 1. The molecule has 0 aliphatic carbocycles. The zero-order chi connectivity index (χ0) is 23.4. The van der Waals surface area contributed by atoms with Crippen molar-refractivity contribution < 1.29 is 28.2 Å². The van der Waals surface area contributed by atoms with Gasteiger partial charge in [0, 0.05) is 22.8 Å². The van der Waals surface area contributed by atoms with Crippen LogP contribution in [-0.4, -0.2) is 34.6 Å². The first-order valence-corrected chi connectivity index (χ1v) is 10.0. The molecule has 33 heavy (non-hydrogen) atoms. The van der Waals surface area contributed by atoms with Crippen molar-refractivity contribution in [3.05, 3.63) is 90.0 Å². The van der Waals surface area contributed by atoms with E-state index < -0.39 is 18.4 Å². The largest absolute Gasteiger partial charge is 0.496 e. The molecule has 0 radical (unpaired) electrons. The SMILES string of the molecule is COc1ccccc1Cn1nc(-c2ccc(F)cc2OCC(=O)O)cc1-c1ccc(F)cc1. The van der Waals surface area contributed by atoms with Gasteiger partial charge in [0.2, 0.25) is 0 Å². The van der Waals surface area contributed by atoms with Crippen LogP contribution in [0.2, 0.25) is 0 Å². The number of halogens is 2. The molecule has 8 heteroatoms. The van der Waals surface area contributed by atoms with Gasteiger partial charge in [0.1, 0.15) is 23.1 Å². The van der Waals surface area contributed by atoms with Crippen molar-refractivity contribution in [2.24, 2.45) is 0 Å². The highest BCUT2D eigenvalue weighted by atomic mass is 19.1. The molecule has 1 aromatic heterocycles. The molecule has 0 unspecified atom stereocenters. The summed E-state index contributed by atoms with van der Waals surface area (Å²) in [6.45, 7) is -0.271. The number of hydrogen-bond acceptors (Lipinski definition) is 4. The number of benzene rings is 3. The number of carbonyl (C=O) groups is 1. The maximum absolute atomic E-state index is 13.8. The molecular formula is C25H20F2N2O4. The van der Waals surface area contributed by atoms with Crippen LogP contribution in [0, 0.1) is 11.6 Å². The molecule has 168 valence electrons. The Morgan fingerprint density at radius 1 is 0.970 bits per heavy atom. The second-order valence-corrected chi connectivity index (χ2v) is 7.21. The summed E-state index contributed by atoms with van der Waals surface area (Å²) in [7, 11) is 1.58. The number of methoxy groups -OCH3 is 1. The average molecular weight is 450 g/mol. The van der Waals surface area contributed by atoms with Gasteiger partial charge >= 0.3 is 5.97 Å². The molecule has 4 rings (SSSR count). The van der Waals surface area contributed by atoms with Crippen LogP contribution in [0.4, 0.5) is 8.78 Å². The summed E-state index contributed by atoms with van der Waals surface area (Å²) in [5.74, 6) is -1.36. The third kappa shape index (κ3) is 5.01. The fourth-order valence-electron chi connectivity index (χ4n) is 3.48. The molecule has 0 aliphatic heterocycles. The summed E-state index contributed by atoms with van der Waals surface area (Å²) in [5, 5.41) is 13.6. The Bertz CT molecular complexity index is 1290. The van der Waals surface area contributed by atoms with Crippen molar-refractivity contribution in [2.45, 2.75) is 6.54 Å². The minimum absolute atomic E-state index is 0.0602. The van der Waals surface area contributed by atoms with Crippen LogP contribution in [0.25, 0.3) is 22.5 Å². The number of hydrogen-bond donors (Lipinski definition) is 1. The van der Waals surface area contributed by atoms with Crippen molar-refractivity contribution in [2.75, 3.05) is 13.7 Å². The monoisotopic (exact) mass is 450 g/mol. The Balaban J connectivity index is 1.82. The minimum Gasteiger partial charge on any atom is -0.496 e. The molecule has 0 amide bonds. The zero-order valence-corrected chi connectivity index (χ0v) is 17.7. The van der Waals surface area contributed by atoms with Crippen molar-refractivity contribution in [1.82, 2.24) is 9.78 Å². The average Bonchev–Trinajstić information content (AvgIpc) is 3.22. The zero-order valence-electron chi connectivity index (χ0n) is 17.7. The first kappa shape index (κ1) is 22.0. The van der Waals surface area contributed by atoms with Crippen LogP contribution >= 0.6 is 0 Å². The summed E-state index contributed by atoms with van der Waals surface area (Å²) in [5.41, 5.74) is 3.16. The van der Waals surface area contributed by atoms with Gasteiger partial charge in [0.25, 0.3) is 0 Å². The smallest absolute Gasteiger partial charge is 0.341 e. The maximum Gasteiger partial charge on any atom is 0.341 e. The van der Waals surface area contributed by atoms with Gasteiger partial charge in [-0.15, -0.1) is 0 Å². The first-order chi connectivity index (χ1) is 15.9. The Kier molecular flexibility index (Phi) is 6.35. The van der Waals surface area contributed by atoms with Crippen LogP contribution in [0.15, 0.2) is 72.8 Å². The molecule has 0 atom stereocenters. The van der Waals surface area contributed by atoms with E-state index in [0.29, 0.717) is 29.2 Å². The second kappa shape index (κ2) is 9.52. The van der Waals surface area contributed by atoms with Gasteiger partial charge in [0.15, 0.2) is 6.61 Å². The third-order valence-electron chi connectivity index (χ3n) is 5.00. The highest BCUT2D eigenvalue weighted by Crippen LogP contribution is 2.34. The minimum atomic E-state index is -1.18. The standard InChI is InChI=1S/C25H20F2N2O4/c1-32-23-5-3-2-4-17(23)14-29-22(16-6-8-18(26)9-7-16)13-21(28-29)20-11-10-19(27)12-24(20)33-15-25(30)31/h2-13H,14-15H2,1H3,(H,30,31). The van der Waals surface area contributed by atoms with Crippen molar-refractivity contribution in [3.8, 4) is 34.0 Å². The molecule has 4 aromatic rings. The van der Waals surface area contributed by atoms with Crippen molar-refractivity contribution in [3.63, 3.8) is 0 Å².